The fourth-order valence-electron chi connectivity index (χ4n) is 4.05. The van der Waals surface area contributed by atoms with Crippen molar-refractivity contribution in [3.05, 3.63) is 108 Å². The summed E-state index contributed by atoms with van der Waals surface area (Å²) in [5.41, 5.74) is 4.56. The van der Waals surface area contributed by atoms with E-state index in [0.717, 1.165) is 12.1 Å². The molecule has 3 nitrogen and oxygen atoms in total. The first-order valence-electron chi connectivity index (χ1n) is 9.46. The quantitative estimate of drug-likeness (QED) is 0.501. The lowest BCUT2D eigenvalue weighted by molar-refractivity contribution is 0.288. The SMILES string of the molecule is O/N=C1/C[C@@H](c2ccccc2)N[C@H](c2ccccc2)[C@@H]1Cc1ccccc1. The summed E-state index contributed by atoms with van der Waals surface area (Å²) in [5, 5.41) is 17.4. The molecule has 0 radical (unpaired) electrons. The summed E-state index contributed by atoms with van der Waals surface area (Å²) in [6, 6.07) is 31.5. The Morgan fingerprint density at radius 2 is 1.33 bits per heavy atom. The molecule has 4 rings (SSSR count). The van der Waals surface area contributed by atoms with E-state index >= 15 is 0 Å². The Labute approximate surface area is 160 Å². The molecule has 27 heavy (non-hydrogen) atoms. The van der Waals surface area contributed by atoms with Crippen molar-refractivity contribution < 1.29 is 5.21 Å². The van der Waals surface area contributed by atoms with Crippen molar-refractivity contribution in [2.45, 2.75) is 24.9 Å². The van der Waals surface area contributed by atoms with E-state index in [1.807, 2.05) is 18.2 Å². The van der Waals surface area contributed by atoms with Crippen molar-refractivity contribution in [1.82, 2.24) is 5.32 Å². The number of rotatable bonds is 4. The molecule has 3 aromatic rings. The first-order chi connectivity index (χ1) is 13.3. The predicted molar refractivity (Wildman–Crippen MR) is 109 cm³/mol. The summed E-state index contributed by atoms with van der Waals surface area (Å²) < 4.78 is 0. The molecule has 1 aliphatic rings. The molecule has 0 amide bonds. The van der Waals surface area contributed by atoms with Crippen LogP contribution < -0.4 is 5.32 Å². The van der Waals surface area contributed by atoms with Crippen LogP contribution in [0, 0.1) is 5.92 Å². The Morgan fingerprint density at radius 3 is 1.93 bits per heavy atom. The first-order valence-corrected chi connectivity index (χ1v) is 9.46. The van der Waals surface area contributed by atoms with E-state index in [2.05, 4.69) is 83.3 Å². The van der Waals surface area contributed by atoms with Gasteiger partial charge in [-0.2, -0.15) is 0 Å². The zero-order valence-electron chi connectivity index (χ0n) is 15.2. The largest absolute Gasteiger partial charge is 0.411 e. The number of benzene rings is 3. The Kier molecular flexibility index (Phi) is 5.31. The molecule has 0 unspecified atom stereocenters. The van der Waals surface area contributed by atoms with Gasteiger partial charge in [0.1, 0.15) is 0 Å². The summed E-state index contributed by atoms with van der Waals surface area (Å²) in [5.74, 6) is 0.111. The summed E-state index contributed by atoms with van der Waals surface area (Å²) >= 11 is 0. The fourth-order valence-corrected chi connectivity index (χ4v) is 4.05. The molecule has 3 heteroatoms. The van der Waals surface area contributed by atoms with Crippen molar-refractivity contribution in [1.29, 1.82) is 0 Å². The highest BCUT2D eigenvalue weighted by Gasteiger charge is 2.36. The summed E-state index contributed by atoms with van der Waals surface area (Å²) in [4.78, 5) is 0. The number of nitrogens with zero attached hydrogens (tertiary/aromatic N) is 1. The number of piperidine rings is 1. The van der Waals surface area contributed by atoms with Gasteiger partial charge in [0.2, 0.25) is 0 Å². The molecule has 3 aromatic carbocycles. The summed E-state index contributed by atoms with van der Waals surface area (Å²) in [7, 11) is 0. The normalized spacial score (nSPS) is 24.0. The molecular formula is C24H24N2O. The second kappa shape index (κ2) is 8.19. The zero-order chi connectivity index (χ0) is 18.5. The van der Waals surface area contributed by atoms with Crippen LogP contribution in [-0.4, -0.2) is 10.9 Å². The van der Waals surface area contributed by atoms with Gasteiger partial charge in [-0.05, 0) is 23.1 Å². The van der Waals surface area contributed by atoms with Gasteiger partial charge in [0, 0.05) is 24.4 Å². The van der Waals surface area contributed by atoms with Crippen LogP contribution in [0.5, 0.6) is 0 Å². The first kappa shape index (κ1) is 17.5. The molecule has 1 aliphatic heterocycles. The van der Waals surface area contributed by atoms with Gasteiger partial charge in [-0.1, -0.05) is 96.2 Å². The average Bonchev–Trinajstić information content (AvgIpc) is 2.76. The van der Waals surface area contributed by atoms with Crippen LogP contribution in [0.15, 0.2) is 96.2 Å². The smallest absolute Gasteiger partial charge is 0.0642 e. The third-order valence-corrected chi connectivity index (χ3v) is 5.41. The number of oxime groups is 1. The van der Waals surface area contributed by atoms with Gasteiger partial charge in [0.15, 0.2) is 0 Å². The zero-order valence-corrected chi connectivity index (χ0v) is 15.2. The fraction of sp³-hybridized carbons (Fsp3) is 0.208. The monoisotopic (exact) mass is 356 g/mol. The van der Waals surface area contributed by atoms with Crippen LogP contribution in [0.3, 0.4) is 0 Å². The van der Waals surface area contributed by atoms with E-state index in [-0.39, 0.29) is 18.0 Å². The van der Waals surface area contributed by atoms with Crippen LogP contribution in [0.2, 0.25) is 0 Å². The maximum absolute atomic E-state index is 9.83. The van der Waals surface area contributed by atoms with Crippen LogP contribution in [-0.2, 0) is 6.42 Å². The minimum atomic E-state index is 0.0938. The molecule has 0 aliphatic carbocycles. The van der Waals surface area contributed by atoms with E-state index in [4.69, 9.17) is 0 Å². The van der Waals surface area contributed by atoms with Crippen molar-refractivity contribution >= 4 is 5.71 Å². The number of nitrogens with one attached hydrogen (secondary N) is 1. The van der Waals surface area contributed by atoms with Crippen LogP contribution in [0.1, 0.15) is 35.2 Å². The molecule has 0 bridgehead atoms. The lowest BCUT2D eigenvalue weighted by Crippen LogP contribution is -2.43. The van der Waals surface area contributed by atoms with Gasteiger partial charge < -0.3 is 10.5 Å². The predicted octanol–water partition coefficient (Wildman–Crippen LogP) is 5.15. The Bertz CT molecular complexity index is 878. The molecule has 1 saturated heterocycles. The average molecular weight is 356 g/mol. The third kappa shape index (κ3) is 3.93. The van der Waals surface area contributed by atoms with Gasteiger partial charge in [0.25, 0.3) is 0 Å². The molecule has 0 spiro atoms. The highest BCUT2D eigenvalue weighted by molar-refractivity contribution is 5.89. The van der Waals surface area contributed by atoms with Gasteiger partial charge in [0.05, 0.1) is 5.71 Å². The molecule has 3 atom stereocenters. The van der Waals surface area contributed by atoms with Crippen molar-refractivity contribution in [2.24, 2.45) is 11.1 Å². The van der Waals surface area contributed by atoms with Gasteiger partial charge >= 0.3 is 0 Å². The molecular weight excluding hydrogens is 332 g/mol. The van der Waals surface area contributed by atoms with Gasteiger partial charge in [-0.25, -0.2) is 0 Å². The maximum atomic E-state index is 9.83. The van der Waals surface area contributed by atoms with Gasteiger partial charge in [-0.3, -0.25) is 0 Å². The lowest BCUT2D eigenvalue weighted by atomic mass is 9.77. The van der Waals surface area contributed by atoms with E-state index in [1.165, 1.54) is 16.7 Å². The molecule has 0 saturated carbocycles. The van der Waals surface area contributed by atoms with E-state index in [0.29, 0.717) is 6.42 Å². The maximum Gasteiger partial charge on any atom is 0.0642 e. The second-order valence-corrected chi connectivity index (χ2v) is 7.11. The molecule has 0 aromatic heterocycles. The van der Waals surface area contributed by atoms with E-state index in [1.54, 1.807) is 0 Å². The van der Waals surface area contributed by atoms with Crippen molar-refractivity contribution in [2.75, 3.05) is 0 Å². The summed E-state index contributed by atoms with van der Waals surface area (Å²) in [6.45, 7) is 0. The van der Waals surface area contributed by atoms with E-state index in [9.17, 15) is 5.21 Å². The Balaban J connectivity index is 1.70. The van der Waals surface area contributed by atoms with Crippen molar-refractivity contribution in [3.8, 4) is 0 Å². The molecule has 1 fully saturated rings. The minimum absolute atomic E-state index is 0.0938. The summed E-state index contributed by atoms with van der Waals surface area (Å²) in [6.07, 6.45) is 1.55. The number of hydrogen-bond acceptors (Lipinski definition) is 3. The van der Waals surface area contributed by atoms with Crippen LogP contribution >= 0.6 is 0 Å². The molecule has 136 valence electrons. The molecule has 1 heterocycles. The minimum Gasteiger partial charge on any atom is -0.411 e. The second-order valence-electron chi connectivity index (χ2n) is 7.11. The Hall–Kier alpha value is -2.91. The highest BCUT2D eigenvalue weighted by atomic mass is 16.4. The van der Waals surface area contributed by atoms with Crippen LogP contribution in [0.25, 0.3) is 0 Å². The Morgan fingerprint density at radius 1 is 0.778 bits per heavy atom. The lowest BCUT2D eigenvalue weighted by Gasteiger charge is -2.39. The topological polar surface area (TPSA) is 44.6 Å². The number of hydrogen-bond donors (Lipinski definition) is 2. The van der Waals surface area contributed by atoms with Crippen molar-refractivity contribution in [3.63, 3.8) is 0 Å². The standard InChI is InChI=1S/C24H24N2O/c27-26-23-17-22(19-12-6-2-7-13-19)25-24(20-14-8-3-9-15-20)21(23)16-18-10-4-1-5-11-18/h1-15,21-22,24-25,27H,16-17H2/b26-23-/t21-,22+,24-/m1/s1. The van der Waals surface area contributed by atoms with Gasteiger partial charge in [-0.15, -0.1) is 0 Å². The van der Waals surface area contributed by atoms with E-state index < -0.39 is 0 Å². The van der Waals surface area contributed by atoms with Crippen LogP contribution in [0.4, 0.5) is 0 Å². The third-order valence-electron chi connectivity index (χ3n) is 5.41. The molecule has 2 N–H and O–H groups in total. The highest BCUT2D eigenvalue weighted by Crippen LogP contribution is 2.37.